The van der Waals surface area contributed by atoms with E-state index >= 15 is 0 Å². The standard InChI is InChI=1S/C30H27N5O3S/c1-19-26(29(38)35(32(19)3)22-12-5-4-6-13-22)34-28(37)23-14-8-9-15-24(23)31-30(34)39-20(2)27(36)33-18-17-21-11-7-10-16-25(21)33/h4-16,20H,17-18H2,1-3H3. The number of benzene rings is 3. The summed E-state index contributed by atoms with van der Waals surface area (Å²) in [7, 11) is 1.79. The topological polar surface area (TPSA) is 82.1 Å². The molecule has 1 aliphatic rings. The van der Waals surface area contributed by atoms with Crippen molar-refractivity contribution in [3.63, 3.8) is 0 Å². The highest BCUT2D eigenvalue weighted by Crippen LogP contribution is 2.32. The van der Waals surface area contributed by atoms with E-state index in [9.17, 15) is 14.4 Å². The smallest absolute Gasteiger partial charge is 0.296 e. The zero-order valence-electron chi connectivity index (χ0n) is 21.9. The lowest BCUT2D eigenvalue weighted by Crippen LogP contribution is -2.36. The molecule has 3 aromatic carbocycles. The summed E-state index contributed by atoms with van der Waals surface area (Å²) < 4.78 is 4.65. The quantitative estimate of drug-likeness (QED) is 0.247. The number of carbonyl (C=O) groups excluding carboxylic acids is 1. The average Bonchev–Trinajstić information content (AvgIpc) is 3.47. The molecule has 0 saturated heterocycles. The highest BCUT2D eigenvalue weighted by molar-refractivity contribution is 8.00. The average molecular weight is 538 g/mol. The summed E-state index contributed by atoms with van der Waals surface area (Å²) in [5.41, 5.74) is 3.41. The zero-order valence-corrected chi connectivity index (χ0v) is 22.7. The molecule has 0 saturated carbocycles. The maximum Gasteiger partial charge on any atom is 0.296 e. The lowest BCUT2D eigenvalue weighted by atomic mass is 10.2. The Morgan fingerprint density at radius 2 is 1.62 bits per heavy atom. The highest BCUT2D eigenvalue weighted by Gasteiger charge is 2.30. The summed E-state index contributed by atoms with van der Waals surface area (Å²) in [6, 6.07) is 24.3. The fourth-order valence-corrected chi connectivity index (χ4v) is 6.17. The van der Waals surface area contributed by atoms with Gasteiger partial charge in [-0.15, -0.1) is 0 Å². The molecular formula is C30H27N5O3S. The predicted molar refractivity (Wildman–Crippen MR) is 154 cm³/mol. The minimum atomic E-state index is -0.546. The van der Waals surface area contributed by atoms with Crippen molar-refractivity contribution >= 4 is 34.3 Å². The van der Waals surface area contributed by atoms with Crippen LogP contribution in [-0.2, 0) is 18.3 Å². The Labute approximate surface area is 229 Å². The molecule has 3 heterocycles. The van der Waals surface area contributed by atoms with E-state index in [1.165, 1.54) is 21.0 Å². The molecule has 5 aromatic rings. The summed E-state index contributed by atoms with van der Waals surface area (Å²) >= 11 is 1.20. The number of para-hydroxylation sites is 3. The Balaban J connectivity index is 1.49. The minimum Gasteiger partial charge on any atom is -0.311 e. The van der Waals surface area contributed by atoms with Gasteiger partial charge in [0, 0.05) is 19.3 Å². The van der Waals surface area contributed by atoms with Gasteiger partial charge in [-0.1, -0.05) is 60.3 Å². The van der Waals surface area contributed by atoms with Crippen molar-refractivity contribution in [1.29, 1.82) is 0 Å². The van der Waals surface area contributed by atoms with E-state index in [1.54, 1.807) is 34.8 Å². The second-order valence-electron chi connectivity index (χ2n) is 9.59. The number of anilines is 1. The summed E-state index contributed by atoms with van der Waals surface area (Å²) in [6.07, 6.45) is 0.806. The van der Waals surface area contributed by atoms with E-state index in [1.807, 2.05) is 74.5 Å². The van der Waals surface area contributed by atoms with Crippen molar-refractivity contribution in [3.05, 3.63) is 111 Å². The van der Waals surface area contributed by atoms with Crippen molar-refractivity contribution < 1.29 is 4.79 Å². The van der Waals surface area contributed by atoms with Gasteiger partial charge < -0.3 is 4.90 Å². The van der Waals surface area contributed by atoms with Gasteiger partial charge in [0.1, 0.15) is 5.69 Å². The summed E-state index contributed by atoms with van der Waals surface area (Å²) in [6.45, 7) is 4.24. The molecule has 0 N–H and O–H groups in total. The van der Waals surface area contributed by atoms with Crippen LogP contribution in [0, 0.1) is 6.92 Å². The lowest BCUT2D eigenvalue weighted by Gasteiger charge is -2.22. The first-order valence-corrected chi connectivity index (χ1v) is 13.7. The molecule has 39 heavy (non-hydrogen) atoms. The van der Waals surface area contributed by atoms with Crippen molar-refractivity contribution in [3.8, 4) is 11.4 Å². The van der Waals surface area contributed by atoms with Crippen LogP contribution < -0.4 is 16.0 Å². The molecule has 1 aliphatic heterocycles. The van der Waals surface area contributed by atoms with Gasteiger partial charge in [-0.3, -0.25) is 19.1 Å². The number of rotatable bonds is 5. The summed E-state index contributed by atoms with van der Waals surface area (Å²) in [4.78, 5) is 48.0. The van der Waals surface area contributed by atoms with Crippen LogP contribution in [-0.4, -0.2) is 36.6 Å². The Kier molecular flexibility index (Phi) is 6.23. The van der Waals surface area contributed by atoms with Crippen LogP contribution in [0.2, 0.25) is 0 Å². The molecule has 1 unspecified atom stereocenters. The monoisotopic (exact) mass is 537 g/mol. The predicted octanol–water partition coefficient (Wildman–Crippen LogP) is 4.25. The number of amides is 1. The van der Waals surface area contributed by atoms with Crippen molar-refractivity contribution in [1.82, 2.24) is 18.9 Å². The summed E-state index contributed by atoms with van der Waals surface area (Å²) in [5.74, 6) is -0.0645. The first-order valence-electron chi connectivity index (χ1n) is 12.8. The Bertz CT molecular complexity index is 1850. The number of nitrogens with zero attached hydrogens (tertiary/aromatic N) is 5. The number of hydrogen-bond acceptors (Lipinski definition) is 5. The fourth-order valence-electron chi connectivity index (χ4n) is 5.20. The van der Waals surface area contributed by atoms with E-state index in [0.717, 1.165) is 17.7 Å². The number of aromatic nitrogens is 4. The first kappa shape index (κ1) is 24.9. The van der Waals surface area contributed by atoms with Gasteiger partial charge in [0.05, 0.1) is 27.5 Å². The lowest BCUT2D eigenvalue weighted by molar-refractivity contribution is -0.117. The summed E-state index contributed by atoms with van der Waals surface area (Å²) in [5, 5.41) is 0.164. The van der Waals surface area contributed by atoms with E-state index in [4.69, 9.17) is 4.98 Å². The van der Waals surface area contributed by atoms with Gasteiger partial charge in [-0.2, -0.15) is 0 Å². The molecule has 0 spiro atoms. The normalized spacial score (nSPS) is 13.6. The van der Waals surface area contributed by atoms with E-state index in [0.29, 0.717) is 34.0 Å². The minimum absolute atomic E-state index is 0.0645. The van der Waals surface area contributed by atoms with Crippen molar-refractivity contribution in [2.75, 3.05) is 11.4 Å². The van der Waals surface area contributed by atoms with Crippen LogP contribution in [0.4, 0.5) is 5.69 Å². The number of fused-ring (bicyclic) bond motifs is 2. The van der Waals surface area contributed by atoms with Gasteiger partial charge in [0.25, 0.3) is 11.1 Å². The maximum absolute atomic E-state index is 13.9. The molecule has 1 atom stereocenters. The second kappa shape index (κ2) is 9.74. The van der Waals surface area contributed by atoms with Crippen LogP contribution >= 0.6 is 11.8 Å². The van der Waals surface area contributed by atoms with Crippen LogP contribution in [0.5, 0.6) is 0 Å². The number of hydrogen-bond donors (Lipinski definition) is 0. The molecule has 0 aliphatic carbocycles. The van der Waals surface area contributed by atoms with E-state index < -0.39 is 5.25 Å². The number of carbonyl (C=O) groups is 1. The van der Waals surface area contributed by atoms with E-state index in [-0.39, 0.29) is 22.7 Å². The number of thioether (sulfide) groups is 1. The van der Waals surface area contributed by atoms with Gasteiger partial charge >= 0.3 is 0 Å². The molecular weight excluding hydrogens is 510 g/mol. The third kappa shape index (κ3) is 4.10. The molecule has 9 heteroatoms. The zero-order chi connectivity index (χ0) is 27.3. The molecule has 6 rings (SSSR count). The molecule has 196 valence electrons. The van der Waals surface area contributed by atoms with Crippen LogP contribution in [0.1, 0.15) is 18.2 Å². The first-order chi connectivity index (χ1) is 18.9. The highest BCUT2D eigenvalue weighted by atomic mass is 32.2. The molecule has 2 aromatic heterocycles. The maximum atomic E-state index is 13.9. The fraction of sp³-hybridized carbons (Fsp3) is 0.200. The third-order valence-electron chi connectivity index (χ3n) is 7.28. The molecule has 0 fully saturated rings. The van der Waals surface area contributed by atoms with Crippen LogP contribution in [0.3, 0.4) is 0 Å². The second-order valence-corrected chi connectivity index (χ2v) is 10.9. The molecule has 8 nitrogen and oxygen atoms in total. The Morgan fingerprint density at radius 3 is 2.41 bits per heavy atom. The Hall–Kier alpha value is -4.37. The van der Waals surface area contributed by atoms with Gasteiger partial charge in [-0.25, -0.2) is 14.2 Å². The molecule has 0 bridgehead atoms. The third-order valence-corrected chi connectivity index (χ3v) is 8.32. The van der Waals surface area contributed by atoms with Crippen LogP contribution in [0.25, 0.3) is 22.3 Å². The Morgan fingerprint density at radius 1 is 0.923 bits per heavy atom. The molecule has 0 radical (unpaired) electrons. The van der Waals surface area contributed by atoms with Gasteiger partial charge in [0.15, 0.2) is 5.16 Å². The van der Waals surface area contributed by atoms with Crippen molar-refractivity contribution in [2.24, 2.45) is 7.05 Å². The van der Waals surface area contributed by atoms with E-state index in [2.05, 4.69) is 0 Å². The van der Waals surface area contributed by atoms with Gasteiger partial charge in [-0.05, 0) is 56.2 Å². The SMILES string of the molecule is Cc1c(-n2c(SC(C)C(=O)N3CCc4ccccc43)nc3ccccc3c2=O)c(=O)n(-c2ccccc2)n1C. The van der Waals surface area contributed by atoms with Crippen molar-refractivity contribution in [2.45, 2.75) is 30.7 Å². The van der Waals surface area contributed by atoms with Crippen LogP contribution in [0.15, 0.2) is 93.6 Å². The van der Waals surface area contributed by atoms with Gasteiger partial charge in [0.2, 0.25) is 5.91 Å². The largest absolute Gasteiger partial charge is 0.311 e. The molecule has 1 amide bonds.